The van der Waals surface area contributed by atoms with Gasteiger partial charge in [-0.05, 0) is 24.8 Å². The lowest BCUT2D eigenvalue weighted by atomic mass is 10.0. The number of aromatic nitrogens is 1. The van der Waals surface area contributed by atoms with Gasteiger partial charge in [-0.15, -0.1) is 0 Å². The van der Waals surface area contributed by atoms with E-state index < -0.39 is 0 Å². The summed E-state index contributed by atoms with van der Waals surface area (Å²) >= 11 is 0. The first-order valence-electron chi connectivity index (χ1n) is 6.96. The van der Waals surface area contributed by atoms with Crippen LogP contribution in [0.25, 0.3) is 0 Å². The maximum atomic E-state index is 11.8. The Hall–Kier alpha value is -1.71. The Kier molecular flexibility index (Phi) is 6.79. The number of hydrazone groups is 1. The molecule has 1 unspecified atom stereocenters. The molecular weight excluding hydrogens is 238 g/mol. The first-order valence-corrected chi connectivity index (χ1v) is 6.96. The Bertz CT molecular complexity index is 429. The van der Waals surface area contributed by atoms with Gasteiger partial charge in [0.15, 0.2) is 12.4 Å². The van der Waals surface area contributed by atoms with Gasteiger partial charge in [-0.3, -0.25) is 4.79 Å². The molecule has 1 aromatic rings. The van der Waals surface area contributed by atoms with E-state index in [9.17, 15) is 4.79 Å². The molecule has 19 heavy (non-hydrogen) atoms. The van der Waals surface area contributed by atoms with Gasteiger partial charge in [-0.1, -0.05) is 26.7 Å². The summed E-state index contributed by atoms with van der Waals surface area (Å²) in [5, 5.41) is 4.07. The molecule has 1 amide bonds. The fourth-order valence-electron chi connectivity index (χ4n) is 1.84. The molecule has 1 aromatic heterocycles. The van der Waals surface area contributed by atoms with Crippen molar-refractivity contribution in [2.45, 2.75) is 39.5 Å². The molecule has 0 aliphatic heterocycles. The van der Waals surface area contributed by atoms with Crippen molar-refractivity contribution in [3.8, 4) is 0 Å². The third-order valence-electron chi connectivity index (χ3n) is 3.11. The molecule has 4 nitrogen and oxygen atoms in total. The van der Waals surface area contributed by atoms with Crippen molar-refractivity contribution in [3.05, 3.63) is 30.1 Å². The van der Waals surface area contributed by atoms with Crippen molar-refractivity contribution in [1.82, 2.24) is 5.43 Å². The summed E-state index contributed by atoms with van der Waals surface area (Å²) in [5.74, 6) is 0.282. The average Bonchev–Trinajstić information content (AvgIpc) is 2.42. The van der Waals surface area contributed by atoms with Crippen LogP contribution in [0.1, 0.15) is 49.9 Å². The van der Waals surface area contributed by atoms with E-state index >= 15 is 0 Å². The number of nitrogens with one attached hydrogen (secondary N) is 1. The third-order valence-corrected chi connectivity index (χ3v) is 3.11. The molecule has 4 heteroatoms. The number of hydrogen-bond donors (Lipinski definition) is 1. The zero-order valence-electron chi connectivity index (χ0n) is 12.1. The topological polar surface area (TPSA) is 45.3 Å². The average molecular weight is 262 g/mol. The summed E-state index contributed by atoms with van der Waals surface area (Å²) in [6.07, 6.45) is 10.1. The molecule has 0 saturated heterocycles. The van der Waals surface area contributed by atoms with E-state index in [4.69, 9.17) is 0 Å². The molecule has 1 rings (SSSR count). The monoisotopic (exact) mass is 262 g/mol. The third kappa shape index (κ3) is 5.64. The smallest absolute Gasteiger partial charge is 0.267 e. The van der Waals surface area contributed by atoms with Gasteiger partial charge in [0.05, 0.1) is 0 Å². The van der Waals surface area contributed by atoms with Gasteiger partial charge in [-0.2, -0.15) is 5.10 Å². The number of rotatable bonds is 7. The predicted octanol–water partition coefficient (Wildman–Crippen LogP) is 2.44. The number of pyridine rings is 1. The summed E-state index contributed by atoms with van der Waals surface area (Å²) in [4.78, 5) is 11.8. The number of amides is 1. The number of carbonyl (C=O) groups is 1. The van der Waals surface area contributed by atoms with Crippen molar-refractivity contribution in [2.75, 3.05) is 0 Å². The van der Waals surface area contributed by atoms with Gasteiger partial charge in [0.2, 0.25) is 0 Å². The molecule has 1 N–H and O–H groups in total. The molecule has 1 heterocycles. The Labute approximate surface area is 115 Å². The minimum absolute atomic E-state index is 0.169. The van der Waals surface area contributed by atoms with Crippen LogP contribution in [0.15, 0.2) is 29.6 Å². The van der Waals surface area contributed by atoms with Crippen LogP contribution in [0.3, 0.4) is 0 Å². The Morgan fingerprint density at radius 2 is 2.32 bits per heavy atom. The Morgan fingerprint density at radius 3 is 2.95 bits per heavy atom. The van der Waals surface area contributed by atoms with E-state index in [2.05, 4.69) is 24.4 Å². The maximum Gasteiger partial charge on any atom is 0.277 e. The second-order valence-electron chi connectivity index (χ2n) is 4.79. The first kappa shape index (κ1) is 15.3. The van der Waals surface area contributed by atoms with Crippen molar-refractivity contribution >= 4 is 12.1 Å². The van der Waals surface area contributed by atoms with E-state index in [1.165, 1.54) is 12.8 Å². The maximum absolute atomic E-state index is 11.8. The Balaban J connectivity index is 2.48. The quantitative estimate of drug-likeness (QED) is 0.458. The molecule has 0 fully saturated rings. The lowest BCUT2D eigenvalue weighted by molar-refractivity contribution is -0.671. The fourth-order valence-corrected chi connectivity index (χ4v) is 1.84. The van der Waals surface area contributed by atoms with Gasteiger partial charge in [-0.25, -0.2) is 9.99 Å². The van der Waals surface area contributed by atoms with Gasteiger partial charge < -0.3 is 0 Å². The summed E-state index contributed by atoms with van der Waals surface area (Å²) in [7, 11) is 1.89. The minimum Gasteiger partial charge on any atom is -0.267 e. The molecule has 0 saturated carbocycles. The highest BCUT2D eigenvalue weighted by Crippen LogP contribution is 2.09. The van der Waals surface area contributed by atoms with Crippen LogP contribution in [0.5, 0.6) is 0 Å². The molecule has 0 aromatic carbocycles. The Morgan fingerprint density at radius 1 is 1.53 bits per heavy atom. The fraction of sp³-hybridized carbons (Fsp3) is 0.533. The zero-order valence-corrected chi connectivity index (χ0v) is 12.1. The summed E-state index contributed by atoms with van der Waals surface area (Å²) in [6, 6.07) is 3.62. The lowest BCUT2D eigenvalue weighted by Crippen LogP contribution is -2.29. The largest absolute Gasteiger partial charge is 0.277 e. The van der Waals surface area contributed by atoms with Crippen LogP contribution in [0.4, 0.5) is 0 Å². The van der Waals surface area contributed by atoms with Crippen molar-refractivity contribution in [3.63, 3.8) is 0 Å². The van der Waals surface area contributed by atoms with E-state index in [0.29, 0.717) is 11.5 Å². The molecule has 1 atom stereocenters. The second-order valence-corrected chi connectivity index (χ2v) is 4.79. The highest BCUT2D eigenvalue weighted by atomic mass is 16.2. The van der Waals surface area contributed by atoms with Gasteiger partial charge >= 0.3 is 0 Å². The van der Waals surface area contributed by atoms with Gasteiger partial charge in [0.1, 0.15) is 12.6 Å². The number of aryl methyl sites for hydroxylation is 1. The van der Waals surface area contributed by atoms with Crippen LogP contribution in [-0.2, 0) is 7.05 Å². The predicted molar refractivity (Wildman–Crippen MR) is 76.9 cm³/mol. The molecule has 0 bridgehead atoms. The minimum atomic E-state index is -0.169. The van der Waals surface area contributed by atoms with Crippen LogP contribution in [0, 0.1) is 5.92 Å². The van der Waals surface area contributed by atoms with Crippen molar-refractivity contribution < 1.29 is 9.36 Å². The normalized spacial score (nSPS) is 12.6. The van der Waals surface area contributed by atoms with Crippen molar-refractivity contribution in [2.24, 2.45) is 18.1 Å². The van der Waals surface area contributed by atoms with Crippen LogP contribution >= 0.6 is 0 Å². The molecule has 0 aliphatic carbocycles. The lowest BCUT2D eigenvalue weighted by Gasteiger charge is -2.07. The standard InChI is InChI=1S/C15H23N3O/c1-4-6-8-13(5-2)11-16-17-15(19)14-9-7-10-18(3)12-14/h7,9-13H,4-6,8H2,1-3H3/p+1/b16-11+. The van der Waals surface area contributed by atoms with E-state index in [1.807, 2.05) is 30.1 Å². The molecule has 0 radical (unpaired) electrons. The summed E-state index contributed by atoms with van der Waals surface area (Å²) < 4.78 is 1.84. The van der Waals surface area contributed by atoms with Gasteiger partial charge in [0, 0.05) is 12.3 Å². The van der Waals surface area contributed by atoms with Crippen LogP contribution < -0.4 is 9.99 Å². The molecule has 104 valence electrons. The number of unbranched alkanes of at least 4 members (excludes halogenated alkanes) is 1. The van der Waals surface area contributed by atoms with Gasteiger partial charge in [0.25, 0.3) is 5.91 Å². The molecule has 0 aliphatic rings. The zero-order chi connectivity index (χ0) is 14.1. The van der Waals surface area contributed by atoms with Crippen LogP contribution in [-0.4, -0.2) is 12.1 Å². The number of hydrogen-bond acceptors (Lipinski definition) is 2. The number of nitrogens with zero attached hydrogens (tertiary/aromatic N) is 2. The van der Waals surface area contributed by atoms with E-state index in [1.54, 1.807) is 12.3 Å². The summed E-state index contributed by atoms with van der Waals surface area (Å²) in [5.41, 5.74) is 3.20. The second kappa shape index (κ2) is 8.40. The highest BCUT2D eigenvalue weighted by molar-refractivity contribution is 5.93. The van der Waals surface area contributed by atoms with Crippen LogP contribution in [0.2, 0.25) is 0 Å². The molecular formula is C15H24N3O+. The first-order chi connectivity index (χ1) is 9.17. The SMILES string of the molecule is CCCCC(/C=N/NC(=O)c1ccc[n+](C)c1)CC. The van der Waals surface area contributed by atoms with E-state index in [-0.39, 0.29) is 5.91 Å². The summed E-state index contributed by atoms with van der Waals surface area (Å²) in [6.45, 7) is 4.33. The molecule has 0 spiro atoms. The highest BCUT2D eigenvalue weighted by Gasteiger charge is 2.08. The van der Waals surface area contributed by atoms with Crippen molar-refractivity contribution in [1.29, 1.82) is 0 Å². The number of carbonyl (C=O) groups excluding carboxylic acids is 1. The van der Waals surface area contributed by atoms with E-state index in [0.717, 1.165) is 12.8 Å².